The molecule has 1 fully saturated rings. The third-order valence-electron chi connectivity index (χ3n) is 3.65. The molecule has 0 bridgehead atoms. The Morgan fingerprint density at radius 3 is 2.75 bits per heavy atom. The second-order valence-electron chi connectivity index (χ2n) is 5.26. The lowest BCUT2D eigenvalue weighted by atomic mass is 10.2. The average molecular weight is 273 g/mol. The zero-order chi connectivity index (χ0) is 14.1. The van der Waals surface area contributed by atoms with Crippen LogP contribution < -0.4 is 11.2 Å². The number of fused-ring (bicyclic) bond motifs is 1. The first-order valence-electron chi connectivity index (χ1n) is 6.74. The molecule has 0 radical (unpaired) electrons. The van der Waals surface area contributed by atoms with Crippen LogP contribution in [0.25, 0.3) is 10.9 Å². The predicted octanol–water partition coefficient (Wildman–Crippen LogP) is 0.642. The highest BCUT2D eigenvalue weighted by atomic mass is 16.2. The van der Waals surface area contributed by atoms with Crippen molar-refractivity contribution in [2.24, 2.45) is 0 Å². The number of nitrogen functional groups attached to an aromatic ring is 1. The highest BCUT2D eigenvalue weighted by molar-refractivity contribution is 5.98. The number of amides is 1. The topological polar surface area (TPSA) is 77.4 Å². The number of carbonyl (C=O) groups is 1. The lowest BCUT2D eigenvalue weighted by Crippen LogP contribution is -2.52. The van der Waals surface area contributed by atoms with Crippen LogP contribution in [0.3, 0.4) is 0 Å². The highest BCUT2D eigenvalue weighted by Gasteiger charge is 2.17. The molecule has 1 saturated heterocycles. The number of aromatic amines is 1. The molecule has 0 unspecified atom stereocenters. The number of anilines is 1. The van der Waals surface area contributed by atoms with Crippen LogP contribution in [0.15, 0.2) is 24.3 Å². The Morgan fingerprint density at radius 2 is 2.00 bits per heavy atom. The molecule has 1 amide bonds. The minimum absolute atomic E-state index is 0.107. The number of H-pyrrole nitrogens is 1. The summed E-state index contributed by atoms with van der Waals surface area (Å²) in [7, 11) is 2.08. The molecule has 2 aromatic rings. The van der Waals surface area contributed by atoms with Gasteiger partial charge in [0.15, 0.2) is 0 Å². The van der Waals surface area contributed by atoms with E-state index in [1.807, 2.05) is 29.3 Å². The van der Waals surface area contributed by atoms with Gasteiger partial charge in [0.1, 0.15) is 5.69 Å². The number of hydrogen-bond acceptors (Lipinski definition) is 4. The Morgan fingerprint density at radius 1 is 1.25 bits per heavy atom. The minimum atomic E-state index is -0.107. The molecule has 6 nitrogen and oxygen atoms in total. The summed E-state index contributed by atoms with van der Waals surface area (Å²) in [4.78, 5) is 17.6. The van der Waals surface area contributed by atoms with Gasteiger partial charge in [0.05, 0.1) is 0 Å². The van der Waals surface area contributed by atoms with Gasteiger partial charge in [-0.15, -0.1) is 0 Å². The van der Waals surface area contributed by atoms with Gasteiger partial charge >= 0.3 is 0 Å². The van der Waals surface area contributed by atoms with Crippen molar-refractivity contribution in [3.63, 3.8) is 0 Å². The number of nitrogens with zero attached hydrogens (tertiary/aromatic N) is 2. The van der Waals surface area contributed by atoms with E-state index in [9.17, 15) is 4.79 Å². The lowest BCUT2D eigenvalue weighted by molar-refractivity contribution is 0.0658. The monoisotopic (exact) mass is 273 g/mol. The molecule has 1 aromatic heterocycles. The fourth-order valence-electron chi connectivity index (χ4n) is 2.40. The average Bonchev–Trinajstić information content (AvgIpc) is 2.84. The van der Waals surface area contributed by atoms with Crippen molar-refractivity contribution < 1.29 is 4.79 Å². The first-order chi connectivity index (χ1) is 9.61. The van der Waals surface area contributed by atoms with Gasteiger partial charge in [-0.2, -0.15) is 0 Å². The normalized spacial score (nSPS) is 17.4. The number of benzene rings is 1. The van der Waals surface area contributed by atoms with Gasteiger partial charge in [-0.25, -0.2) is 5.01 Å². The number of piperazine rings is 1. The van der Waals surface area contributed by atoms with Crippen LogP contribution in [-0.2, 0) is 0 Å². The Kier molecular flexibility index (Phi) is 3.33. The summed E-state index contributed by atoms with van der Waals surface area (Å²) in [6.07, 6.45) is 0. The van der Waals surface area contributed by atoms with E-state index in [2.05, 4.69) is 22.4 Å². The number of carbonyl (C=O) groups excluding carboxylic acids is 1. The highest BCUT2D eigenvalue weighted by Crippen LogP contribution is 2.18. The predicted molar refractivity (Wildman–Crippen MR) is 79.2 cm³/mol. The van der Waals surface area contributed by atoms with Gasteiger partial charge in [0.2, 0.25) is 0 Å². The van der Waals surface area contributed by atoms with E-state index < -0.39 is 0 Å². The van der Waals surface area contributed by atoms with E-state index in [0.29, 0.717) is 11.4 Å². The van der Waals surface area contributed by atoms with E-state index >= 15 is 0 Å². The van der Waals surface area contributed by atoms with Gasteiger partial charge < -0.3 is 15.6 Å². The van der Waals surface area contributed by atoms with E-state index in [1.165, 1.54) is 0 Å². The summed E-state index contributed by atoms with van der Waals surface area (Å²) in [5.74, 6) is -0.107. The maximum Gasteiger partial charge on any atom is 0.282 e. The van der Waals surface area contributed by atoms with Crippen LogP contribution in [0.4, 0.5) is 5.69 Å². The molecule has 20 heavy (non-hydrogen) atoms. The van der Waals surface area contributed by atoms with E-state index in [0.717, 1.165) is 37.1 Å². The van der Waals surface area contributed by atoms with E-state index in [4.69, 9.17) is 5.73 Å². The van der Waals surface area contributed by atoms with Crippen LogP contribution in [0, 0.1) is 0 Å². The summed E-state index contributed by atoms with van der Waals surface area (Å²) < 4.78 is 0. The second-order valence-corrected chi connectivity index (χ2v) is 5.26. The molecule has 3 rings (SSSR count). The van der Waals surface area contributed by atoms with Crippen LogP contribution in [0.1, 0.15) is 10.5 Å². The first-order valence-corrected chi connectivity index (χ1v) is 6.74. The third-order valence-corrected chi connectivity index (χ3v) is 3.65. The lowest BCUT2D eigenvalue weighted by Gasteiger charge is -2.32. The summed E-state index contributed by atoms with van der Waals surface area (Å²) in [6, 6.07) is 7.40. The maximum atomic E-state index is 12.2. The minimum Gasteiger partial charge on any atom is -0.399 e. The van der Waals surface area contributed by atoms with Gasteiger partial charge in [0.25, 0.3) is 5.91 Å². The number of rotatable bonds is 2. The molecule has 106 valence electrons. The molecule has 1 aliphatic rings. The molecular formula is C14H19N5O. The van der Waals surface area contributed by atoms with E-state index in [-0.39, 0.29) is 5.91 Å². The Hall–Kier alpha value is -2.05. The molecule has 0 aliphatic carbocycles. The van der Waals surface area contributed by atoms with Crippen molar-refractivity contribution in [1.29, 1.82) is 0 Å². The standard InChI is InChI=1S/C14H19N5O/c1-18-4-6-19(7-5-18)17-14(20)13-9-10-8-11(15)2-3-12(10)16-13/h2-3,8-9,16H,4-7,15H2,1H3,(H,17,20). The largest absolute Gasteiger partial charge is 0.399 e. The Bertz CT molecular complexity index is 628. The van der Waals surface area contributed by atoms with Crippen molar-refractivity contribution in [3.8, 4) is 0 Å². The van der Waals surface area contributed by atoms with Crippen molar-refractivity contribution in [2.45, 2.75) is 0 Å². The van der Waals surface area contributed by atoms with Gasteiger partial charge in [-0.3, -0.25) is 10.2 Å². The van der Waals surface area contributed by atoms with Crippen LogP contribution in [0.2, 0.25) is 0 Å². The zero-order valence-electron chi connectivity index (χ0n) is 11.5. The number of nitrogens with one attached hydrogen (secondary N) is 2. The van der Waals surface area contributed by atoms with Gasteiger partial charge in [0, 0.05) is 42.8 Å². The zero-order valence-corrected chi connectivity index (χ0v) is 11.5. The number of aromatic nitrogens is 1. The third kappa shape index (κ3) is 2.61. The van der Waals surface area contributed by atoms with E-state index in [1.54, 1.807) is 0 Å². The number of likely N-dealkylation sites (N-methyl/N-ethyl adjacent to an activating group) is 1. The smallest absolute Gasteiger partial charge is 0.282 e. The molecule has 1 aromatic carbocycles. The van der Waals surface area contributed by atoms with Crippen molar-refractivity contribution in [2.75, 3.05) is 39.0 Å². The van der Waals surface area contributed by atoms with Crippen molar-refractivity contribution >= 4 is 22.5 Å². The SMILES string of the molecule is CN1CCN(NC(=O)c2cc3cc(N)ccc3[nH]2)CC1. The molecule has 1 aliphatic heterocycles. The molecular weight excluding hydrogens is 254 g/mol. The van der Waals surface area contributed by atoms with Gasteiger partial charge in [-0.1, -0.05) is 0 Å². The first kappa shape index (κ1) is 13.0. The number of hydrazine groups is 1. The van der Waals surface area contributed by atoms with Crippen molar-refractivity contribution in [3.05, 3.63) is 30.0 Å². The summed E-state index contributed by atoms with van der Waals surface area (Å²) in [6.45, 7) is 3.61. The maximum absolute atomic E-state index is 12.2. The molecule has 0 spiro atoms. The van der Waals surface area contributed by atoms with Crippen molar-refractivity contribution in [1.82, 2.24) is 20.3 Å². The van der Waals surface area contributed by atoms with Crippen LogP contribution in [0.5, 0.6) is 0 Å². The number of nitrogens with two attached hydrogens (primary N) is 1. The molecule has 0 saturated carbocycles. The Balaban J connectivity index is 1.72. The summed E-state index contributed by atoms with van der Waals surface area (Å²) >= 11 is 0. The van der Waals surface area contributed by atoms with Crippen LogP contribution in [-0.4, -0.2) is 54.0 Å². The van der Waals surface area contributed by atoms with Crippen LogP contribution >= 0.6 is 0 Å². The molecule has 0 atom stereocenters. The molecule has 2 heterocycles. The Labute approximate surface area is 117 Å². The second kappa shape index (κ2) is 5.15. The fraction of sp³-hybridized carbons (Fsp3) is 0.357. The molecule has 6 heteroatoms. The summed E-state index contributed by atoms with van der Waals surface area (Å²) in [5.41, 5.74) is 10.9. The fourth-order valence-corrected chi connectivity index (χ4v) is 2.40. The summed E-state index contributed by atoms with van der Waals surface area (Å²) in [5, 5.41) is 2.91. The molecule has 4 N–H and O–H groups in total. The quantitative estimate of drug-likeness (QED) is 0.702. The van der Waals surface area contributed by atoms with Gasteiger partial charge in [-0.05, 0) is 31.3 Å². The number of hydrogen-bond donors (Lipinski definition) is 3.